The fourth-order valence-corrected chi connectivity index (χ4v) is 5.06. The van der Waals surface area contributed by atoms with Crippen LogP contribution in [0.15, 0.2) is 48.5 Å². The van der Waals surface area contributed by atoms with E-state index in [1.807, 2.05) is 44.3 Å². The van der Waals surface area contributed by atoms with Gasteiger partial charge in [-0.3, -0.25) is 9.69 Å². The Morgan fingerprint density at radius 3 is 2.44 bits per heavy atom. The standard InChI is InChI=1S/C29H37ClN4O2/c1-21-8-7-9-26(28(21)30)34-18-16-33(17-19-34)15-6-5-14-31-29(35)25-20-27(32(3)22(25)2)23-10-12-24(36-4)13-11-23/h7-13,20H,5-6,14-19H2,1-4H3,(H,31,35). The SMILES string of the molecule is COc1ccc(-c2cc(C(=O)NCCCCN3CCN(c4cccc(C)c4Cl)CC3)c(C)n2C)cc1. The second-order valence-electron chi connectivity index (χ2n) is 9.52. The largest absolute Gasteiger partial charge is 0.497 e. The summed E-state index contributed by atoms with van der Waals surface area (Å²) >= 11 is 6.52. The minimum atomic E-state index is -0.00786. The van der Waals surface area contributed by atoms with Gasteiger partial charge in [-0.2, -0.15) is 0 Å². The number of methoxy groups -OCH3 is 1. The number of hydrogen-bond donors (Lipinski definition) is 1. The number of carbonyl (C=O) groups is 1. The molecule has 0 atom stereocenters. The number of anilines is 1. The monoisotopic (exact) mass is 508 g/mol. The highest BCUT2D eigenvalue weighted by Crippen LogP contribution is 2.29. The van der Waals surface area contributed by atoms with Crippen molar-refractivity contribution in [3.8, 4) is 17.0 Å². The number of carbonyl (C=O) groups excluding carboxylic acids is 1. The second-order valence-corrected chi connectivity index (χ2v) is 9.89. The molecule has 1 amide bonds. The zero-order valence-electron chi connectivity index (χ0n) is 21.8. The van der Waals surface area contributed by atoms with Crippen LogP contribution in [-0.4, -0.2) is 61.8 Å². The van der Waals surface area contributed by atoms with E-state index in [4.69, 9.17) is 16.3 Å². The van der Waals surface area contributed by atoms with Crippen LogP contribution in [0.25, 0.3) is 11.3 Å². The van der Waals surface area contributed by atoms with Crippen molar-refractivity contribution >= 4 is 23.2 Å². The molecule has 1 N–H and O–H groups in total. The van der Waals surface area contributed by atoms with Crippen LogP contribution in [0.1, 0.15) is 34.5 Å². The average molecular weight is 509 g/mol. The molecule has 4 rings (SSSR count). The van der Waals surface area contributed by atoms with Gasteiger partial charge in [0.05, 0.1) is 23.4 Å². The van der Waals surface area contributed by atoms with E-state index in [0.29, 0.717) is 6.54 Å². The number of aromatic nitrogens is 1. The lowest BCUT2D eigenvalue weighted by atomic mass is 10.1. The van der Waals surface area contributed by atoms with E-state index in [-0.39, 0.29) is 5.91 Å². The van der Waals surface area contributed by atoms with E-state index in [0.717, 1.165) is 90.1 Å². The van der Waals surface area contributed by atoms with E-state index in [1.54, 1.807) is 7.11 Å². The molecule has 3 aromatic rings. The molecule has 0 radical (unpaired) electrons. The summed E-state index contributed by atoms with van der Waals surface area (Å²) in [5.74, 6) is 0.812. The highest BCUT2D eigenvalue weighted by atomic mass is 35.5. The highest BCUT2D eigenvalue weighted by molar-refractivity contribution is 6.34. The number of rotatable bonds is 9. The zero-order chi connectivity index (χ0) is 25.7. The molecule has 6 nitrogen and oxygen atoms in total. The average Bonchev–Trinajstić information content (AvgIpc) is 3.20. The van der Waals surface area contributed by atoms with E-state index in [9.17, 15) is 4.79 Å². The Kier molecular flexibility index (Phi) is 8.60. The lowest BCUT2D eigenvalue weighted by molar-refractivity contribution is 0.0952. The van der Waals surface area contributed by atoms with Gasteiger partial charge >= 0.3 is 0 Å². The van der Waals surface area contributed by atoms with Crippen LogP contribution in [0.5, 0.6) is 5.75 Å². The second kappa shape index (κ2) is 11.8. The predicted molar refractivity (Wildman–Crippen MR) is 149 cm³/mol. The Bertz CT molecular complexity index is 1180. The lowest BCUT2D eigenvalue weighted by Crippen LogP contribution is -2.46. The van der Waals surface area contributed by atoms with Gasteiger partial charge < -0.3 is 19.5 Å². The molecule has 0 unspecified atom stereocenters. The summed E-state index contributed by atoms with van der Waals surface area (Å²) in [5.41, 5.74) is 6.04. The van der Waals surface area contributed by atoms with Crippen molar-refractivity contribution in [3.05, 3.63) is 70.4 Å². The Morgan fingerprint density at radius 2 is 1.75 bits per heavy atom. The van der Waals surface area contributed by atoms with Gasteiger partial charge in [-0.25, -0.2) is 0 Å². The van der Waals surface area contributed by atoms with Gasteiger partial charge in [0.15, 0.2) is 0 Å². The Morgan fingerprint density at radius 1 is 1.03 bits per heavy atom. The molecule has 0 aliphatic carbocycles. The summed E-state index contributed by atoms with van der Waals surface area (Å²) < 4.78 is 7.33. The van der Waals surface area contributed by atoms with Gasteiger partial charge in [-0.15, -0.1) is 0 Å². The van der Waals surface area contributed by atoms with Crippen molar-refractivity contribution in [3.63, 3.8) is 0 Å². The highest BCUT2D eigenvalue weighted by Gasteiger charge is 2.19. The normalized spacial score (nSPS) is 14.2. The maximum absolute atomic E-state index is 12.9. The molecule has 1 aromatic heterocycles. The summed E-state index contributed by atoms with van der Waals surface area (Å²) in [6.07, 6.45) is 2.03. The van der Waals surface area contributed by atoms with Gasteiger partial charge in [0.25, 0.3) is 5.91 Å². The summed E-state index contributed by atoms with van der Waals surface area (Å²) in [6.45, 7) is 9.84. The molecule has 7 heteroatoms. The van der Waals surface area contributed by atoms with Gasteiger partial charge in [-0.05, 0) is 80.8 Å². The van der Waals surface area contributed by atoms with Crippen LogP contribution in [0.3, 0.4) is 0 Å². The topological polar surface area (TPSA) is 49.7 Å². The van der Waals surface area contributed by atoms with Crippen molar-refractivity contribution in [1.82, 2.24) is 14.8 Å². The Labute approximate surface area is 219 Å². The number of amides is 1. The first-order chi connectivity index (χ1) is 17.4. The Hall–Kier alpha value is -2.96. The van der Waals surface area contributed by atoms with Crippen molar-refractivity contribution in [2.24, 2.45) is 7.05 Å². The number of ether oxygens (including phenoxy) is 1. The van der Waals surface area contributed by atoms with E-state index in [1.165, 1.54) is 0 Å². The number of halogens is 1. The van der Waals surface area contributed by atoms with Gasteiger partial charge in [0, 0.05) is 51.2 Å². The third-order valence-electron chi connectivity index (χ3n) is 7.24. The number of unbranched alkanes of at least 4 members (excludes halogenated alkanes) is 1. The molecule has 36 heavy (non-hydrogen) atoms. The first kappa shape index (κ1) is 26.1. The predicted octanol–water partition coefficient (Wildman–Crippen LogP) is 5.30. The number of aryl methyl sites for hydroxylation is 1. The van der Waals surface area contributed by atoms with E-state index < -0.39 is 0 Å². The number of hydrogen-bond acceptors (Lipinski definition) is 4. The molecule has 2 heterocycles. The van der Waals surface area contributed by atoms with E-state index in [2.05, 4.69) is 44.8 Å². The van der Waals surface area contributed by atoms with Crippen LogP contribution < -0.4 is 15.0 Å². The number of nitrogens with one attached hydrogen (secondary N) is 1. The third-order valence-corrected chi connectivity index (χ3v) is 7.73. The van der Waals surface area contributed by atoms with Crippen LogP contribution in [-0.2, 0) is 7.05 Å². The minimum Gasteiger partial charge on any atom is -0.497 e. The zero-order valence-corrected chi connectivity index (χ0v) is 22.6. The minimum absolute atomic E-state index is 0.00786. The van der Waals surface area contributed by atoms with Crippen LogP contribution in [0.2, 0.25) is 5.02 Å². The molecule has 0 bridgehead atoms. The molecular weight excluding hydrogens is 472 g/mol. The fourth-order valence-electron chi connectivity index (χ4n) is 4.81. The van der Waals surface area contributed by atoms with Crippen molar-refractivity contribution in [2.45, 2.75) is 26.7 Å². The molecule has 192 valence electrons. The molecular formula is C29H37ClN4O2. The van der Waals surface area contributed by atoms with Crippen molar-refractivity contribution in [2.75, 3.05) is 51.3 Å². The van der Waals surface area contributed by atoms with E-state index >= 15 is 0 Å². The number of benzene rings is 2. The number of nitrogens with zero attached hydrogens (tertiary/aromatic N) is 3. The van der Waals surface area contributed by atoms with Gasteiger partial charge in [-0.1, -0.05) is 23.7 Å². The molecule has 1 fully saturated rings. The van der Waals surface area contributed by atoms with Crippen molar-refractivity contribution in [1.29, 1.82) is 0 Å². The maximum Gasteiger partial charge on any atom is 0.253 e. The van der Waals surface area contributed by atoms with Gasteiger partial charge in [0.2, 0.25) is 0 Å². The quantitative estimate of drug-likeness (QED) is 0.398. The summed E-state index contributed by atoms with van der Waals surface area (Å²) in [7, 11) is 3.66. The van der Waals surface area contributed by atoms with Crippen LogP contribution in [0, 0.1) is 13.8 Å². The first-order valence-corrected chi connectivity index (χ1v) is 13.1. The Balaban J connectivity index is 1.21. The first-order valence-electron chi connectivity index (χ1n) is 12.7. The molecule has 1 aliphatic rings. The summed E-state index contributed by atoms with van der Waals surface area (Å²) in [4.78, 5) is 17.8. The molecule has 2 aromatic carbocycles. The van der Waals surface area contributed by atoms with Gasteiger partial charge in [0.1, 0.15) is 5.75 Å². The van der Waals surface area contributed by atoms with Crippen molar-refractivity contribution < 1.29 is 9.53 Å². The van der Waals surface area contributed by atoms with Crippen LogP contribution in [0.4, 0.5) is 5.69 Å². The molecule has 0 spiro atoms. The smallest absolute Gasteiger partial charge is 0.253 e. The molecule has 0 saturated carbocycles. The number of piperazine rings is 1. The summed E-state index contributed by atoms with van der Waals surface area (Å²) in [6, 6.07) is 16.1. The lowest BCUT2D eigenvalue weighted by Gasteiger charge is -2.36. The fraction of sp³-hybridized carbons (Fsp3) is 0.414. The molecule has 1 saturated heterocycles. The third kappa shape index (κ3) is 5.88. The van der Waals surface area contributed by atoms with Crippen LogP contribution >= 0.6 is 11.6 Å². The maximum atomic E-state index is 12.9. The molecule has 1 aliphatic heterocycles. The summed E-state index contributed by atoms with van der Waals surface area (Å²) in [5, 5.41) is 3.98.